The van der Waals surface area contributed by atoms with Crippen molar-refractivity contribution in [3.8, 4) is 0 Å². The highest BCUT2D eigenvalue weighted by molar-refractivity contribution is 6.29. The van der Waals surface area contributed by atoms with E-state index in [2.05, 4.69) is 15.1 Å². The molecule has 2 rings (SSSR count). The van der Waals surface area contributed by atoms with Gasteiger partial charge in [0.15, 0.2) is 5.65 Å². The zero-order valence-electron chi connectivity index (χ0n) is 6.74. The van der Waals surface area contributed by atoms with Crippen molar-refractivity contribution in [3.05, 3.63) is 22.9 Å². The van der Waals surface area contributed by atoms with Gasteiger partial charge in [-0.15, -0.1) is 5.10 Å². The van der Waals surface area contributed by atoms with E-state index in [0.717, 1.165) is 17.3 Å². The topological polar surface area (TPSA) is 43.1 Å². The van der Waals surface area contributed by atoms with Gasteiger partial charge in [-0.1, -0.05) is 11.6 Å². The van der Waals surface area contributed by atoms with E-state index in [1.807, 2.05) is 13.8 Å². The average Bonchev–Trinajstić information content (AvgIpc) is 2.29. The van der Waals surface area contributed by atoms with Crippen molar-refractivity contribution in [3.63, 3.8) is 0 Å². The summed E-state index contributed by atoms with van der Waals surface area (Å²) in [4.78, 5) is 8.20. The minimum Gasteiger partial charge on any atom is -0.221 e. The van der Waals surface area contributed by atoms with Gasteiger partial charge in [0.25, 0.3) is 0 Å². The minimum absolute atomic E-state index is 0.451. The van der Waals surface area contributed by atoms with E-state index in [9.17, 15) is 0 Å². The maximum absolute atomic E-state index is 5.74. The molecule has 2 aromatic heterocycles. The monoisotopic (exact) mass is 182 g/mol. The van der Waals surface area contributed by atoms with Crippen molar-refractivity contribution in [2.45, 2.75) is 13.8 Å². The molecule has 2 heterocycles. The van der Waals surface area contributed by atoms with Crippen LogP contribution in [0, 0.1) is 13.8 Å². The fraction of sp³-hybridized carbons (Fsp3) is 0.286. The molecule has 0 amide bonds. The molecule has 12 heavy (non-hydrogen) atoms. The maximum Gasteiger partial charge on any atom is 0.160 e. The lowest BCUT2D eigenvalue weighted by Gasteiger charge is -1.95. The van der Waals surface area contributed by atoms with E-state index < -0.39 is 0 Å². The van der Waals surface area contributed by atoms with Gasteiger partial charge in [0, 0.05) is 6.07 Å². The van der Waals surface area contributed by atoms with E-state index in [1.54, 1.807) is 10.6 Å². The Morgan fingerprint density at radius 3 is 2.83 bits per heavy atom. The quantitative estimate of drug-likeness (QED) is 0.579. The third-order valence-corrected chi connectivity index (χ3v) is 1.76. The number of hydrogen-bond donors (Lipinski definition) is 0. The summed E-state index contributed by atoms with van der Waals surface area (Å²) in [5.74, 6) is 1.47. The summed E-state index contributed by atoms with van der Waals surface area (Å²) < 4.78 is 1.67. The molecule has 0 spiro atoms. The number of aromatic nitrogens is 4. The van der Waals surface area contributed by atoms with Crippen LogP contribution < -0.4 is 0 Å². The SMILES string of the molecule is Cc1nc2cc(Cl)nc(C)n2n1. The Balaban J connectivity index is 2.88. The molecule has 0 aliphatic heterocycles. The van der Waals surface area contributed by atoms with Crippen LogP contribution >= 0.6 is 11.6 Å². The molecule has 0 radical (unpaired) electrons. The lowest BCUT2D eigenvalue weighted by atomic mass is 10.6. The van der Waals surface area contributed by atoms with E-state index in [1.165, 1.54) is 0 Å². The van der Waals surface area contributed by atoms with Crippen LogP contribution in [0.2, 0.25) is 5.15 Å². The first-order valence-electron chi connectivity index (χ1n) is 3.53. The van der Waals surface area contributed by atoms with Gasteiger partial charge in [0.05, 0.1) is 0 Å². The van der Waals surface area contributed by atoms with Crippen LogP contribution in [0.15, 0.2) is 6.07 Å². The second-order valence-corrected chi connectivity index (χ2v) is 2.94. The van der Waals surface area contributed by atoms with Gasteiger partial charge in [0.1, 0.15) is 16.8 Å². The lowest BCUT2D eigenvalue weighted by molar-refractivity contribution is 0.849. The highest BCUT2D eigenvalue weighted by Gasteiger charge is 2.03. The Morgan fingerprint density at radius 2 is 2.08 bits per heavy atom. The van der Waals surface area contributed by atoms with Crippen LogP contribution in [-0.2, 0) is 0 Å². The number of aryl methyl sites for hydroxylation is 2. The van der Waals surface area contributed by atoms with Gasteiger partial charge in [-0.2, -0.15) is 4.52 Å². The van der Waals surface area contributed by atoms with Gasteiger partial charge in [0.2, 0.25) is 0 Å². The van der Waals surface area contributed by atoms with Crippen LogP contribution in [0.4, 0.5) is 0 Å². The van der Waals surface area contributed by atoms with Crippen molar-refractivity contribution >= 4 is 17.2 Å². The Kier molecular flexibility index (Phi) is 1.51. The highest BCUT2D eigenvalue weighted by atomic mass is 35.5. The van der Waals surface area contributed by atoms with Crippen LogP contribution in [-0.4, -0.2) is 19.6 Å². The van der Waals surface area contributed by atoms with Crippen LogP contribution in [0.25, 0.3) is 5.65 Å². The summed E-state index contributed by atoms with van der Waals surface area (Å²) in [6.07, 6.45) is 0. The minimum atomic E-state index is 0.451. The molecule has 0 saturated heterocycles. The first kappa shape index (κ1) is 7.49. The standard InChI is InChI=1S/C7H7ClN4/c1-4-9-7-3-6(8)10-5(2)12(7)11-4/h3H,1-2H3. The lowest BCUT2D eigenvalue weighted by Crippen LogP contribution is -1.96. The average molecular weight is 183 g/mol. The molecule has 2 aromatic rings. The van der Waals surface area contributed by atoms with Crippen molar-refractivity contribution in [1.29, 1.82) is 0 Å². The molecule has 0 atom stereocenters. The number of rotatable bonds is 0. The molecule has 62 valence electrons. The molecule has 0 aliphatic carbocycles. The molecule has 0 aliphatic rings. The molecule has 0 aromatic carbocycles. The van der Waals surface area contributed by atoms with E-state index >= 15 is 0 Å². The Labute approximate surface area is 74.2 Å². The number of halogens is 1. The number of fused-ring (bicyclic) bond motifs is 1. The molecular weight excluding hydrogens is 176 g/mol. The predicted molar refractivity (Wildman–Crippen MR) is 45.3 cm³/mol. The number of nitrogens with zero attached hydrogens (tertiary/aromatic N) is 4. The molecular formula is C7H7ClN4. The second kappa shape index (κ2) is 2.42. The Hall–Kier alpha value is -1.16. The molecule has 0 unspecified atom stereocenters. The molecule has 0 fully saturated rings. The fourth-order valence-electron chi connectivity index (χ4n) is 1.10. The Bertz CT molecular complexity index is 434. The third-order valence-electron chi connectivity index (χ3n) is 1.56. The summed E-state index contributed by atoms with van der Waals surface area (Å²) in [6.45, 7) is 3.67. The first-order valence-corrected chi connectivity index (χ1v) is 3.91. The van der Waals surface area contributed by atoms with Gasteiger partial charge in [-0.3, -0.25) is 0 Å². The highest BCUT2D eigenvalue weighted by Crippen LogP contribution is 2.09. The fourth-order valence-corrected chi connectivity index (χ4v) is 1.32. The zero-order chi connectivity index (χ0) is 8.72. The smallest absolute Gasteiger partial charge is 0.160 e. The van der Waals surface area contributed by atoms with E-state index in [0.29, 0.717) is 5.15 Å². The van der Waals surface area contributed by atoms with Crippen LogP contribution in [0.5, 0.6) is 0 Å². The predicted octanol–water partition coefficient (Wildman–Crippen LogP) is 1.39. The van der Waals surface area contributed by atoms with Crippen molar-refractivity contribution < 1.29 is 0 Å². The van der Waals surface area contributed by atoms with Gasteiger partial charge >= 0.3 is 0 Å². The maximum atomic E-state index is 5.74. The summed E-state index contributed by atoms with van der Waals surface area (Å²) in [7, 11) is 0. The van der Waals surface area contributed by atoms with Gasteiger partial charge in [-0.25, -0.2) is 9.97 Å². The molecule has 0 bridgehead atoms. The van der Waals surface area contributed by atoms with Crippen LogP contribution in [0.1, 0.15) is 11.6 Å². The summed E-state index contributed by atoms with van der Waals surface area (Å²) in [6, 6.07) is 1.69. The first-order chi connectivity index (χ1) is 5.66. The number of hydrogen-bond acceptors (Lipinski definition) is 3. The van der Waals surface area contributed by atoms with Crippen molar-refractivity contribution in [1.82, 2.24) is 19.6 Å². The summed E-state index contributed by atoms with van der Waals surface area (Å²) in [5.41, 5.74) is 0.741. The van der Waals surface area contributed by atoms with Gasteiger partial charge < -0.3 is 0 Å². The third kappa shape index (κ3) is 1.04. The van der Waals surface area contributed by atoms with E-state index in [-0.39, 0.29) is 0 Å². The molecule has 0 saturated carbocycles. The summed E-state index contributed by atoms with van der Waals surface area (Å²) >= 11 is 5.74. The Morgan fingerprint density at radius 1 is 1.33 bits per heavy atom. The van der Waals surface area contributed by atoms with Gasteiger partial charge in [-0.05, 0) is 13.8 Å². The molecule has 0 N–H and O–H groups in total. The van der Waals surface area contributed by atoms with Crippen molar-refractivity contribution in [2.24, 2.45) is 0 Å². The zero-order valence-corrected chi connectivity index (χ0v) is 7.50. The van der Waals surface area contributed by atoms with E-state index in [4.69, 9.17) is 11.6 Å². The molecule has 4 nitrogen and oxygen atoms in total. The van der Waals surface area contributed by atoms with Crippen molar-refractivity contribution in [2.75, 3.05) is 0 Å². The normalized spacial score (nSPS) is 10.9. The second-order valence-electron chi connectivity index (χ2n) is 2.56. The van der Waals surface area contributed by atoms with Crippen LogP contribution in [0.3, 0.4) is 0 Å². The molecule has 5 heteroatoms. The summed E-state index contributed by atoms with van der Waals surface area (Å²) in [5, 5.41) is 4.59. The largest absolute Gasteiger partial charge is 0.221 e.